The van der Waals surface area contributed by atoms with Crippen molar-refractivity contribution in [3.63, 3.8) is 0 Å². The zero-order valence-electron chi connectivity index (χ0n) is 8.84. The third-order valence-corrected chi connectivity index (χ3v) is 2.20. The van der Waals surface area contributed by atoms with Gasteiger partial charge >= 0.3 is 0 Å². The van der Waals surface area contributed by atoms with E-state index < -0.39 is 0 Å². The molecule has 82 valence electrons. The van der Waals surface area contributed by atoms with Crippen LogP contribution in [0.15, 0.2) is 54.6 Å². The number of hydrogen-bond donors (Lipinski definition) is 1. The summed E-state index contributed by atoms with van der Waals surface area (Å²) in [5.74, 6) is 0. The first-order valence-corrected chi connectivity index (χ1v) is 4.93. The number of halogens is 1. The highest BCUT2D eigenvalue weighted by atomic mass is 35.5. The predicted molar refractivity (Wildman–Crippen MR) is 73.5 cm³/mol. The number of hydrogen-bond acceptors (Lipinski definition) is 1. The molecule has 1 nitrogen and oxygen atoms in total. The summed E-state index contributed by atoms with van der Waals surface area (Å²) >= 11 is 0. The lowest BCUT2D eigenvalue weighted by atomic mass is 10.1. The van der Waals surface area contributed by atoms with Gasteiger partial charge in [-0.25, -0.2) is 0 Å². The van der Waals surface area contributed by atoms with Gasteiger partial charge in [-0.1, -0.05) is 54.6 Å². The van der Waals surface area contributed by atoms with Crippen molar-refractivity contribution < 1.29 is 0 Å². The molecular formula is C14H14ClN. The molecule has 0 saturated heterocycles. The van der Waals surface area contributed by atoms with Gasteiger partial charge in [0.15, 0.2) is 0 Å². The van der Waals surface area contributed by atoms with Crippen molar-refractivity contribution in [1.29, 1.82) is 0 Å². The van der Waals surface area contributed by atoms with Crippen molar-refractivity contribution in [2.75, 3.05) is 5.73 Å². The van der Waals surface area contributed by atoms with Crippen molar-refractivity contribution in [3.8, 4) is 0 Å². The third-order valence-electron chi connectivity index (χ3n) is 2.20. The van der Waals surface area contributed by atoms with Crippen LogP contribution < -0.4 is 5.73 Å². The molecule has 2 N–H and O–H groups in total. The summed E-state index contributed by atoms with van der Waals surface area (Å²) in [5, 5.41) is 0. The first-order chi connectivity index (χ1) is 7.34. The van der Waals surface area contributed by atoms with Gasteiger partial charge in [0.1, 0.15) is 0 Å². The summed E-state index contributed by atoms with van der Waals surface area (Å²) in [6, 6.07) is 18.1. The normalized spacial score (nSPS) is 10.0. The van der Waals surface area contributed by atoms with Gasteiger partial charge in [0.2, 0.25) is 0 Å². The summed E-state index contributed by atoms with van der Waals surface area (Å²) in [6.45, 7) is 0. The monoisotopic (exact) mass is 231 g/mol. The third kappa shape index (κ3) is 3.44. The standard InChI is InChI=1S/C14H13N.ClH/c15-14-10-8-13(9-11-14)7-6-12-4-2-1-3-5-12;/h1-11H,15H2;1H/b7-6+;. The smallest absolute Gasteiger partial charge is 0.0314 e. The lowest BCUT2D eigenvalue weighted by Crippen LogP contribution is -1.82. The summed E-state index contributed by atoms with van der Waals surface area (Å²) in [4.78, 5) is 0. The Morgan fingerprint density at radius 2 is 1.19 bits per heavy atom. The van der Waals surface area contributed by atoms with Gasteiger partial charge in [0, 0.05) is 5.69 Å². The molecule has 0 aliphatic heterocycles. The van der Waals surface area contributed by atoms with Crippen LogP contribution in [0.4, 0.5) is 5.69 Å². The van der Waals surface area contributed by atoms with Crippen LogP contribution in [0, 0.1) is 0 Å². The van der Waals surface area contributed by atoms with E-state index in [-0.39, 0.29) is 12.4 Å². The second-order valence-corrected chi connectivity index (χ2v) is 3.41. The number of nitrogen functional groups attached to an aromatic ring is 1. The maximum atomic E-state index is 5.61. The predicted octanol–water partition coefficient (Wildman–Crippen LogP) is 3.86. The molecule has 0 heterocycles. The van der Waals surface area contributed by atoms with Crippen molar-refractivity contribution in [3.05, 3.63) is 65.7 Å². The van der Waals surface area contributed by atoms with Crippen LogP contribution in [0.2, 0.25) is 0 Å². The van der Waals surface area contributed by atoms with Gasteiger partial charge in [-0.15, -0.1) is 12.4 Å². The number of nitrogens with two attached hydrogens (primary N) is 1. The molecular weight excluding hydrogens is 218 g/mol. The highest BCUT2D eigenvalue weighted by Gasteiger charge is 1.87. The van der Waals surface area contributed by atoms with Crippen LogP contribution >= 0.6 is 12.4 Å². The van der Waals surface area contributed by atoms with Crippen LogP contribution in [-0.4, -0.2) is 0 Å². The van der Waals surface area contributed by atoms with Gasteiger partial charge < -0.3 is 5.73 Å². The molecule has 0 aliphatic rings. The number of benzene rings is 2. The highest BCUT2D eigenvalue weighted by molar-refractivity contribution is 5.85. The molecule has 0 aliphatic carbocycles. The maximum Gasteiger partial charge on any atom is 0.0314 e. The van der Waals surface area contributed by atoms with E-state index in [1.807, 2.05) is 42.5 Å². The lowest BCUT2D eigenvalue weighted by molar-refractivity contribution is 1.64. The molecule has 16 heavy (non-hydrogen) atoms. The van der Waals surface area contributed by atoms with E-state index in [0.717, 1.165) is 11.3 Å². The van der Waals surface area contributed by atoms with Crippen LogP contribution in [0.5, 0.6) is 0 Å². The first-order valence-electron chi connectivity index (χ1n) is 4.93. The van der Waals surface area contributed by atoms with E-state index >= 15 is 0 Å². The second-order valence-electron chi connectivity index (χ2n) is 3.41. The number of anilines is 1. The largest absolute Gasteiger partial charge is 0.399 e. The summed E-state index contributed by atoms with van der Waals surface area (Å²) in [5.41, 5.74) is 8.77. The minimum atomic E-state index is 0. The van der Waals surface area contributed by atoms with E-state index in [2.05, 4.69) is 24.3 Å². The molecule has 2 heteroatoms. The van der Waals surface area contributed by atoms with Crippen LogP contribution in [-0.2, 0) is 0 Å². The fourth-order valence-electron chi connectivity index (χ4n) is 1.36. The number of rotatable bonds is 2. The molecule has 0 fully saturated rings. The molecule has 0 spiro atoms. The van der Waals surface area contributed by atoms with Gasteiger partial charge in [0.05, 0.1) is 0 Å². The molecule has 0 aromatic heterocycles. The highest BCUT2D eigenvalue weighted by Crippen LogP contribution is 2.10. The second kappa shape index (κ2) is 5.99. The Labute approximate surface area is 102 Å². The lowest BCUT2D eigenvalue weighted by Gasteiger charge is -1.95. The molecule has 0 radical (unpaired) electrons. The molecule has 2 rings (SSSR count). The molecule has 0 atom stereocenters. The van der Waals surface area contributed by atoms with Crippen molar-refractivity contribution in [2.45, 2.75) is 0 Å². The minimum absolute atomic E-state index is 0. The summed E-state index contributed by atoms with van der Waals surface area (Å²) < 4.78 is 0. The summed E-state index contributed by atoms with van der Waals surface area (Å²) in [6.07, 6.45) is 4.17. The van der Waals surface area contributed by atoms with E-state index in [4.69, 9.17) is 5.73 Å². The van der Waals surface area contributed by atoms with Crippen molar-refractivity contribution >= 4 is 30.2 Å². The molecule has 0 bridgehead atoms. The van der Waals surface area contributed by atoms with Crippen molar-refractivity contribution in [1.82, 2.24) is 0 Å². The maximum absolute atomic E-state index is 5.61. The minimum Gasteiger partial charge on any atom is -0.399 e. The van der Waals surface area contributed by atoms with Gasteiger partial charge in [-0.05, 0) is 23.3 Å². The van der Waals surface area contributed by atoms with Crippen LogP contribution in [0.25, 0.3) is 12.2 Å². The summed E-state index contributed by atoms with van der Waals surface area (Å²) in [7, 11) is 0. The molecule has 2 aromatic rings. The zero-order chi connectivity index (χ0) is 10.5. The molecule has 0 saturated carbocycles. The average molecular weight is 232 g/mol. The van der Waals surface area contributed by atoms with Crippen LogP contribution in [0.3, 0.4) is 0 Å². The van der Waals surface area contributed by atoms with E-state index in [9.17, 15) is 0 Å². The zero-order valence-corrected chi connectivity index (χ0v) is 9.65. The van der Waals surface area contributed by atoms with E-state index in [1.54, 1.807) is 0 Å². The molecule has 0 unspecified atom stereocenters. The Hall–Kier alpha value is -1.73. The fourth-order valence-corrected chi connectivity index (χ4v) is 1.36. The van der Waals surface area contributed by atoms with E-state index in [1.165, 1.54) is 5.56 Å². The Morgan fingerprint density at radius 1 is 0.688 bits per heavy atom. The molecule has 2 aromatic carbocycles. The Bertz CT molecular complexity index is 446. The fraction of sp³-hybridized carbons (Fsp3) is 0. The molecule has 0 amide bonds. The van der Waals surface area contributed by atoms with Gasteiger partial charge in [0.25, 0.3) is 0 Å². The Kier molecular flexibility index (Phi) is 4.62. The van der Waals surface area contributed by atoms with Crippen LogP contribution in [0.1, 0.15) is 11.1 Å². The topological polar surface area (TPSA) is 26.0 Å². The van der Waals surface area contributed by atoms with E-state index in [0.29, 0.717) is 0 Å². The first kappa shape index (κ1) is 12.3. The van der Waals surface area contributed by atoms with Gasteiger partial charge in [-0.2, -0.15) is 0 Å². The van der Waals surface area contributed by atoms with Crippen molar-refractivity contribution in [2.24, 2.45) is 0 Å². The quantitative estimate of drug-likeness (QED) is 0.617. The SMILES string of the molecule is Cl.Nc1ccc(/C=C/c2ccccc2)cc1. The Balaban J connectivity index is 0.00000128. The average Bonchev–Trinajstić information content (AvgIpc) is 2.30. The Morgan fingerprint density at radius 3 is 1.75 bits per heavy atom. The van der Waals surface area contributed by atoms with Gasteiger partial charge in [-0.3, -0.25) is 0 Å².